The predicted molar refractivity (Wildman–Crippen MR) is 97.5 cm³/mol. The van der Waals surface area contributed by atoms with Crippen molar-refractivity contribution >= 4 is 11.4 Å². The highest BCUT2D eigenvalue weighted by atomic mass is 19.3. The number of nitrogens with one attached hydrogen (secondary N) is 2. The minimum absolute atomic E-state index is 0.0357. The van der Waals surface area contributed by atoms with Crippen LogP contribution in [0.2, 0.25) is 0 Å². The molecule has 2 heterocycles. The van der Waals surface area contributed by atoms with Gasteiger partial charge in [-0.05, 0) is 25.1 Å². The molecule has 7 nitrogen and oxygen atoms in total. The first-order valence-corrected chi connectivity index (χ1v) is 8.57. The van der Waals surface area contributed by atoms with Crippen LogP contribution in [0.1, 0.15) is 18.9 Å². The van der Waals surface area contributed by atoms with Gasteiger partial charge < -0.3 is 15.0 Å². The number of aromatic nitrogens is 2. The van der Waals surface area contributed by atoms with Crippen LogP contribution in [0.3, 0.4) is 0 Å². The van der Waals surface area contributed by atoms with Crippen LogP contribution in [0.25, 0.3) is 0 Å². The number of hydrogen-bond donors (Lipinski definition) is 2. The Morgan fingerprint density at radius 3 is 2.66 bits per heavy atom. The molecule has 11 heteroatoms. The fourth-order valence-corrected chi connectivity index (χ4v) is 2.69. The summed E-state index contributed by atoms with van der Waals surface area (Å²) in [4.78, 5) is 9.83. The number of anilines is 2. The molecule has 154 valence electrons. The molecule has 1 saturated heterocycles. The van der Waals surface area contributed by atoms with Gasteiger partial charge in [0, 0.05) is 11.9 Å². The van der Waals surface area contributed by atoms with Crippen molar-refractivity contribution in [2.75, 3.05) is 29.9 Å². The number of halogens is 4. The zero-order valence-electron chi connectivity index (χ0n) is 15.4. The van der Waals surface area contributed by atoms with Crippen LogP contribution in [-0.4, -0.2) is 35.3 Å². The van der Waals surface area contributed by atoms with Gasteiger partial charge in [0.05, 0.1) is 36.7 Å². The summed E-state index contributed by atoms with van der Waals surface area (Å²) in [6.45, 7) is 1.90. The lowest BCUT2D eigenvalue weighted by molar-refractivity contribution is 0.144. The lowest BCUT2D eigenvalue weighted by Gasteiger charge is -2.43. The Morgan fingerprint density at radius 1 is 1.38 bits per heavy atom. The van der Waals surface area contributed by atoms with Crippen molar-refractivity contribution in [3.8, 4) is 6.01 Å². The van der Waals surface area contributed by atoms with E-state index in [1.165, 1.54) is 31.6 Å². The second-order valence-electron chi connectivity index (χ2n) is 6.71. The standard InChI is InChI=1S/C18H18F4N6O/c1-18(22)9-28(10-18)13-6-25-17(26-7-13)29-8-12(27-23)5-24-11-2-3-15(19)14(4-11)16(20)21/h2-7,16,23-24H,8-10H2,1H3/b12-5-,27-23?. The van der Waals surface area contributed by atoms with E-state index in [0.717, 1.165) is 12.1 Å². The molecule has 0 saturated carbocycles. The van der Waals surface area contributed by atoms with E-state index < -0.39 is 23.5 Å². The molecule has 0 aliphatic carbocycles. The van der Waals surface area contributed by atoms with Crippen LogP contribution in [-0.2, 0) is 0 Å². The first-order valence-electron chi connectivity index (χ1n) is 8.57. The van der Waals surface area contributed by atoms with Gasteiger partial charge in [-0.1, -0.05) is 0 Å². The maximum atomic E-state index is 13.5. The summed E-state index contributed by atoms with van der Waals surface area (Å²) in [5.74, 6) is -1.00. The van der Waals surface area contributed by atoms with E-state index in [9.17, 15) is 17.6 Å². The zero-order chi connectivity index (χ0) is 21.0. The molecule has 1 aromatic carbocycles. The number of rotatable bonds is 8. The lowest BCUT2D eigenvalue weighted by atomic mass is 9.99. The van der Waals surface area contributed by atoms with Crippen LogP contribution in [0.4, 0.5) is 28.9 Å². The highest BCUT2D eigenvalue weighted by Crippen LogP contribution is 2.29. The second-order valence-corrected chi connectivity index (χ2v) is 6.71. The zero-order valence-corrected chi connectivity index (χ0v) is 15.4. The Labute approximate surface area is 163 Å². The number of alkyl halides is 3. The molecule has 1 aliphatic rings. The van der Waals surface area contributed by atoms with Gasteiger partial charge in [-0.2, -0.15) is 5.11 Å². The number of nitrogens with zero attached hydrogens (tertiary/aromatic N) is 4. The molecule has 1 fully saturated rings. The smallest absolute Gasteiger partial charge is 0.316 e. The highest BCUT2D eigenvalue weighted by molar-refractivity contribution is 5.49. The van der Waals surface area contributed by atoms with Gasteiger partial charge in [0.25, 0.3) is 6.43 Å². The van der Waals surface area contributed by atoms with Crippen molar-refractivity contribution in [3.63, 3.8) is 0 Å². The van der Waals surface area contributed by atoms with E-state index in [1.807, 2.05) is 0 Å². The summed E-state index contributed by atoms with van der Waals surface area (Å²) < 4.78 is 57.7. The van der Waals surface area contributed by atoms with E-state index in [2.05, 4.69) is 20.4 Å². The normalized spacial score (nSPS) is 15.8. The number of hydrogen-bond acceptors (Lipinski definition) is 7. The van der Waals surface area contributed by atoms with Gasteiger partial charge in [-0.25, -0.2) is 33.1 Å². The summed E-state index contributed by atoms with van der Waals surface area (Å²) >= 11 is 0. The van der Waals surface area contributed by atoms with E-state index in [0.29, 0.717) is 5.69 Å². The molecular formula is C18H18F4N6O. The largest absolute Gasteiger partial charge is 0.457 e. The van der Waals surface area contributed by atoms with Crippen molar-refractivity contribution in [1.82, 2.24) is 9.97 Å². The number of benzene rings is 1. The Morgan fingerprint density at radius 2 is 2.07 bits per heavy atom. The maximum Gasteiger partial charge on any atom is 0.316 e. The first-order chi connectivity index (χ1) is 13.8. The fourth-order valence-electron chi connectivity index (χ4n) is 2.69. The molecule has 0 bridgehead atoms. The number of ether oxygens (including phenoxy) is 1. The fraction of sp³-hybridized carbons (Fsp3) is 0.333. The third-order valence-corrected chi connectivity index (χ3v) is 4.15. The molecule has 1 aromatic heterocycles. The van der Waals surface area contributed by atoms with Gasteiger partial charge in [0.2, 0.25) is 0 Å². The Hall–Kier alpha value is -3.24. The van der Waals surface area contributed by atoms with E-state index in [4.69, 9.17) is 10.3 Å². The van der Waals surface area contributed by atoms with Crippen molar-refractivity contribution in [2.24, 2.45) is 5.11 Å². The summed E-state index contributed by atoms with van der Waals surface area (Å²) in [5, 5.41) is 5.94. The Balaban J connectivity index is 1.56. The molecule has 0 radical (unpaired) electrons. The third kappa shape index (κ3) is 5.18. The average Bonchev–Trinajstić information content (AvgIpc) is 2.67. The average molecular weight is 410 g/mol. The minimum atomic E-state index is -2.94. The molecule has 3 rings (SSSR count). The lowest BCUT2D eigenvalue weighted by Crippen LogP contribution is -2.57. The van der Waals surface area contributed by atoms with Crippen molar-refractivity contribution < 1.29 is 22.3 Å². The van der Waals surface area contributed by atoms with Gasteiger partial charge >= 0.3 is 6.01 Å². The molecule has 0 spiro atoms. The Kier molecular flexibility index (Phi) is 5.95. The molecule has 0 unspecified atom stereocenters. The van der Waals surface area contributed by atoms with Gasteiger partial charge in [0.1, 0.15) is 23.8 Å². The third-order valence-electron chi connectivity index (χ3n) is 4.15. The SMILES string of the molecule is CC1(F)CN(c2cnc(OC/C(=C/Nc3ccc(F)c(C(F)F)c3)N=N)nc2)C1. The van der Waals surface area contributed by atoms with Gasteiger partial charge in [0.15, 0.2) is 0 Å². The first kappa shape index (κ1) is 20.5. The summed E-state index contributed by atoms with van der Waals surface area (Å²) in [5.41, 5.74) is 6.23. The second kappa shape index (κ2) is 8.41. The summed E-state index contributed by atoms with van der Waals surface area (Å²) in [6.07, 6.45) is 1.33. The Bertz CT molecular complexity index is 896. The molecule has 1 aliphatic heterocycles. The molecule has 0 amide bonds. The van der Waals surface area contributed by atoms with Gasteiger partial charge in [-0.3, -0.25) is 0 Å². The van der Waals surface area contributed by atoms with Crippen LogP contribution < -0.4 is 15.0 Å². The van der Waals surface area contributed by atoms with E-state index in [1.54, 1.807) is 4.90 Å². The van der Waals surface area contributed by atoms with Gasteiger partial charge in [-0.15, -0.1) is 0 Å². The molecule has 29 heavy (non-hydrogen) atoms. The van der Waals surface area contributed by atoms with E-state index >= 15 is 0 Å². The molecule has 2 N–H and O–H groups in total. The van der Waals surface area contributed by atoms with Crippen molar-refractivity contribution in [3.05, 3.63) is 53.9 Å². The predicted octanol–water partition coefficient (Wildman–Crippen LogP) is 4.46. The van der Waals surface area contributed by atoms with Crippen LogP contribution in [0.5, 0.6) is 6.01 Å². The van der Waals surface area contributed by atoms with Crippen LogP contribution in [0, 0.1) is 11.3 Å². The van der Waals surface area contributed by atoms with Crippen LogP contribution in [0.15, 0.2) is 47.6 Å². The summed E-state index contributed by atoms with van der Waals surface area (Å²) in [6, 6.07) is 3.21. The quantitative estimate of drug-likeness (QED) is 0.496. The maximum absolute atomic E-state index is 13.5. The van der Waals surface area contributed by atoms with Crippen molar-refractivity contribution in [1.29, 1.82) is 5.53 Å². The van der Waals surface area contributed by atoms with Crippen molar-refractivity contribution in [2.45, 2.75) is 19.0 Å². The summed E-state index contributed by atoms with van der Waals surface area (Å²) in [7, 11) is 0. The molecular weight excluding hydrogens is 392 g/mol. The van der Waals surface area contributed by atoms with Crippen LogP contribution >= 0.6 is 0 Å². The molecule has 0 atom stereocenters. The topological polar surface area (TPSA) is 86.5 Å². The monoisotopic (exact) mass is 410 g/mol. The minimum Gasteiger partial charge on any atom is -0.457 e. The highest BCUT2D eigenvalue weighted by Gasteiger charge is 2.39. The van der Waals surface area contributed by atoms with E-state index in [-0.39, 0.29) is 37.1 Å². The molecule has 2 aromatic rings.